The molecule has 0 bridgehead atoms. The van der Waals surface area contributed by atoms with Gasteiger partial charge >= 0.3 is 5.63 Å². The van der Waals surface area contributed by atoms with Crippen molar-refractivity contribution >= 4 is 33.6 Å². The highest BCUT2D eigenvalue weighted by Gasteiger charge is 2.17. The number of aromatic nitrogens is 2. The van der Waals surface area contributed by atoms with E-state index in [0.29, 0.717) is 28.1 Å². The topological polar surface area (TPSA) is 94.3 Å². The number of nitrogens with zero attached hydrogens (tertiary/aromatic N) is 2. The van der Waals surface area contributed by atoms with Gasteiger partial charge in [0.05, 0.1) is 12.6 Å². The Kier molecular flexibility index (Phi) is 4.04. The van der Waals surface area contributed by atoms with E-state index in [1.807, 2.05) is 24.3 Å². The summed E-state index contributed by atoms with van der Waals surface area (Å²) in [7, 11) is 1.59. The molecule has 0 fully saturated rings. The fourth-order valence-electron chi connectivity index (χ4n) is 2.88. The second-order valence-corrected chi connectivity index (χ2v) is 5.91. The molecule has 0 spiro atoms. The Morgan fingerprint density at radius 1 is 1.07 bits per heavy atom. The summed E-state index contributed by atoms with van der Waals surface area (Å²) in [6.45, 7) is 1.35. The maximum Gasteiger partial charge on any atom is 0.349 e. The van der Waals surface area contributed by atoms with Crippen molar-refractivity contribution < 1.29 is 13.9 Å². The molecular weight excluding hydrogens is 346 g/mol. The van der Waals surface area contributed by atoms with Gasteiger partial charge in [0, 0.05) is 17.9 Å². The number of hydrogen-bond acceptors (Lipinski definition) is 6. The summed E-state index contributed by atoms with van der Waals surface area (Å²) >= 11 is 0. The van der Waals surface area contributed by atoms with Gasteiger partial charge in [0.15, 0.2) is 11.6 Å². The summed E-state index contributed by atoms with van der Waals surface area (Å²) in [5, 5.41) is 3.41. The molecule has 1 amide bonds. The predicted molar refractivity (Wildman–Crippen MR) is 102 cm³/mol. The lowest BCUT2D eigenvalue weighted by molar-refractivity contribution is -0.114. The van der Waals surface area contributed by atoms with Gasteiger partial charge in [0.2, 0.25) is 5.91 Å². The largest absolute Gasteiger partial charge is 0.497 e. The Balaban J connectivity index is 2.06. The third-order valence-electron chi connectivity index (χ3n) is 4.10. The fraction of sp³-hybridized carbons (Fsp3) is 0.100. The van der Waals surface area contributed by atoms with Crippen molar-refractivity contribution in [3.8, 4) is 17.1 Å². The summed E-state index contributed by atoms with van der Waals surface area (Å²) in [5.41, 5.74) is 0.963. The number of carbonyl (C=O) groups is 1. The van der Waals surface area contributed by atoms with Crippen molar-refractivity contribution in [2.75, 3.05) is 12.4 Å². The van der Waals surface area contributed by atoms with Crippen LogP contribution in [-0.4, -0.2) is 23.0 Å². The molecule has 0 unspecified atom stereocenters. The quantitative estimate of drug-likeness (QED) is 0.444. The summed E-state index contributed by atoms with van der Waals surface area (Å²) < 4.78 is 10.5. The van der Waals surface area contributed by atoms with Crippen LogP contribution in [0.15, 0.2) is 57.7 Å². The molecule has 0 aliphatic carbocycles. The minimum absolute atomic E-state index is 0.123. The lowest BCUT2D eigenvalue weighted by atomic mass is 10.1. The van der Waals surface area contributed by atoms with Gasteiger partial charge in [-0.2, -0.15) is 0 Å². The Labute approximate surface area is 153 Å². The normalized spacial score (nSPS) is 10.9. The number of nitrogens with one attached hydrogen (secondary N) is 1. The van der Waals surface area contributed by atoms with E-state index in [1.165, 1.54) is 6.92 Å². The zero-order valence-corrected chi connectivity index (χ0v) is 14.6. The molecule has 2 aromatic carbocycles. The Morgan fingerprint density at radius 3 is 2.52 bits per heavy atom. The average molecular weight is 361 g/mol. The van der Waals surface area contributed by atoms with Gasteiger partial charge in [0.25, 0.3) is 0 Å². The highest BCUT2D eigenvalue weighted by atomic mass is 16.5. The van der Waals surface area contributed by atoms with E-state index in [4.69, 9.17) is 9.15 Å². The molecule has 0 saturated carbocycles. The van der Waals surface area contributed by atoms with Crippen LogP contribution in [0.1, 0.15) is 6.92 Å². The van der Waals surface area contributed by atoms with Crippen LogP contribution < -0.4 is 15.7 Å². The fourth-order valence-corrected chi connectivity index (χ4v) is 2.88. The van der Waals surface area contributed by atoms with E-state index in [2.05, 4.69) is 15.3 Å². The number of benzene rings is 2. The van der Waals surface area contributed by atoms with Crippen molar-refractivity contribution in [3.63, 3.8) is 0 Å². The minimum atomic E-state index is -0.603. The number of amides is 1. The maximum atomic E-state index is 12.5. The van der Waals surface area contributed by atoms with Crippen LogP contribution in [0, 0.1) is 0 Å². The summed E-state index contributed by atoms with van der Waals surface area (Å²) in [6.07, 6.45) is 0. The molecule has 0 aliphatic rings. The van der Waals surface area contributed by atoms with E-state index in [-0.39, 0.29) is 17.1 Å². The first-order chi connectivity index (χ1) is 13.1. The van der Waals surface area contributed by atoms with E-state index < -0.39 is 5.63 Å². The van der Waals surface area contributed by atoms with E-state index >= 15 is 0 Å². The van der Waals surface area contributed by atoms with Crippen LogP contribution in [0.25, 0.3) is 33.3 Å². The second kappa shape index (κ2) is 6.53. The molecule has 4 aromatic rings. The molecule has 0 aliphatic heterocycles. The minimum Gasteiger partial charge on any atom is -0.497 e. The molecule has 4 rings (SSSR count). The molecule has 27 heavy (non-hydrogen) atoms. The van der Waals surface area contributed by atoms with Crippen LogP contribution in [0.5, 0.6) is 5.75 Å². The van der Waals surface area contributed by atoms with Crippen molar-refractivity contribution in [1.29, 1.82) is 0 Å². The highest BCUT2D eigenvalue weighted by molar-refractivity contribution is 6.08. The zero-order valence-electron chi connectivity index (χ0n) is 14.6. The van der Waals surface area contributed by atoms with Gasteiger partial charge in [-0.25, -0.2) is 14.8 Å². The number of para-hydroxylation sites is 1. The molecular formula is C20H15N3O4. The molecule has 2 heterocycles. The van der Waals surface area contributed by atoms with Crippen LogP contribution in [-0.2, 0) is 4.79 Å². The van der Waals surface area contributed by atoms with Crippen LogP contribution >= 0.6 is 0 Å². The lowest BCUT2D eigenvalue weighted by Crippen LogP contribution is -2.13. The van der Waals surface area contributed by atoms with Crippen LogP contribution in [0.4, 0.5) is 5.82 Å². The first-order valence-electron chi connectivity index (χ1n) is 8.22. The average Bonchev–Trinajstić information content (AvgIpc) is 2.67. The van der Waals surface area contributed by atoms with E-state index in [9.17, 15) is 9.59 Å². The van der Waals surface area contributed by atoms with Crippen molar-refractivity contribution in [2.45, 2.75) is 6.92 Å². The molecule has 1 N–H and O–H groups in total. The number of hydrogen-bond donors (Lipinski definition) is 1. The first-order valence-corrected chi connectivity index (χ1v) is 8.22. The molecule has 0 atom stereocenters. The molecule has 134 valence electrons. The van der Waals surface area contributed by atoms with Crippen LogP contribution in [0.2, 0.25) is 0 Å². The maximum absolute atomic E-state index is 12.5. The Bertz CT molecular complexity index is 1230. The SMILES string of the molecule is COc1ccc(-c2nc(NC(C)=O)c3c(=O)oc4ccccc4c3n2)cc1. The first kappa shape index (κ1) is 16.7. The summed E-state index contributed by atoms with van der Waals surface area (Å²) in [4.78, 5) is 33.1. The van der Waals surface area contributed by atoms with Gasteiger partial charge in [-0.15, -0.1) is 0 Å². The highest BCUT2D eigenvalue weighted by Crippen LogP contribution is 2.28. The number of anilines is 1. The van der Waals surface area contributed by atoms with Gasteiger partial charge in [0.1, 0.15) is 16.7 Å². The van der Waals surface area contributed by atoms with Crippen molar-refractivity contribution in [3.05, 3.63) is 59.0 Å². The third-order valence-corrected chi connectivity index (χ3v) is 4.10. The monoisotopic (exact) mass is 361 g/mol. The van der Waals surface area contributed by atoms with Gasteiger partial charge in [-0.05, 0) is 36.4 Å². The number of rotatable bonds is 3. The number of carbonyl (C=O) groups excluding carboxylic acids is 1. The van der Waals surface area contributed by atoms with Gasteiger partial charge < -0.3 is 14.5 Å². The molecule has 0 saturated heterocycles. The van der Waals surface area contributed by atoms with E-state index in [1.54, 1.807) is 31.4 Å². The Morgan fingerprint density at radius 2 is 1.81 bits per heavy atom. The predicted octanol–water partition coefficient (Wildman–Crippen LogP) is 3.37. The number of methoxy groups -OCH3 is 1. The lowest BCUT2D eigenvalue weighted by Gasteiger charge is -2.10. The standard InChI is InChI=1S/C20H15N3O4/c1-11(24)21-19-16-17(14-5-3-4-6-15(14)27-20(16)25)22-18(23-19)12-7-9-13(26-2)10-8-12/h3-10H,1-2H3,(H,21,22,23,24). The smallest absolute Gasteiger partial charge is 0.349 e. The van der Waals surface area contributed by atoms with Gasteiger partial charge in [-0.1, -0.05) is 12.1 Å². The number of fused-ring (bicyclic) bond motifs is 3. The molecule has 7 nitrogen and oxygen atoms in total. The molecule has 2 aromatic heterocycles. The third kappa shape index (κ3) is 2.99. The summed E-state index contributed by atoms with van der Waals surface area (Å²) in [5.74, 6) is 0.860. The van der Waals surface area contributed by atoms with Crippen molar-refractivity contribution in [2.24, 2.45) is 0 Å². The second-order valence-electron chi connectivity index (χ2n) is 5.91. The van der Waals surface area contributed by atoms with Crippen molar-refractivity contribution in [1.82, 2.24) is 9.97 Å². The van der Waals surface area contributed by atoms with E-state index in [0.717, 1.165) is 5.56 Å². The van der Waals surface area contributed by atoms with Crippen LogP contribution in [0.3, 0.4) is 0 Å². The molecule has 0 radical (unpaired) electrons. The summed E-state index contributed by atoms with van der Waals surface area (Å²) in [6, 6.07) is 14.3. The zero-order chi connectivity index (χ0) is 19.0. The van der Waals surface area contributed by atoms with Gasteiger partial charge in [-0.3, -0.25) is 4.79 Å². The number of ether oxygens (including phenoxy) is 1. The Hall–Kier alpha value is -3.74. The molecule has 7 heteroatoms.